The molecule has 0 amide bonds. The topological polar surface area (TPSA) is 65.7 Å². The fourth-order valence-corrected chi connectivity index (χ4v) is 2.44. The maximum absolute atomic E-state index is 13.5. The molecule has 0 spiro atoms. The van der Waals surface area contributed by atoms with Crippen LogP contribution < -0.4 is 5.32 Å². The molecule has 0 bridgehead atoms. The summed E-state index contributed by atoms with van der Waals surface area (Å²) in [6.45, 7) is 5.14. The van der Waals surface area contributed by atoms with E-state index in [0.717, 1.165) is 19.4 Å². The van der Waals surface area contributed by atoms with Crippen LogP contribution in [-0.2, 0) is 12.6 Å². The average molecular weight is 363 g/mol. The van der Waals surface area contributed by atoms with Crippen LogP contribution in [0.25, 0.3) is 0 Å². The highest BCUT2D eigenvalue weighted by Gasteiger charge is 2.57. The zero-order chi connectivity index (χ0) is 19.1. The summed E-state index contributed by atoms with van der Waals surface area (Å²) >= 11 is 0. The van der Waals surface area contributed by atoms with Gasteiger partial charge < -0.3 is 19.9 Å². The molecule has 0 aliphatic heterocycles. The van der Waals surface area contributed by atoms with Gasteiger partial charge in [-0.1, -0.05) is 13.3 Å². The monoisotopic (exact) mass is 363 g/mol. The number of alkyl halides is 3. The van der Waals surface area contributed by atoms with Crippen LogP contribution in [0.3, 0.4) is 0 Å². The molecule has 1 aromatic heterocycles. The number of hydrogen-bond acceptors (Lipinski definition) is 3. The summed E-state index contributed by atoms with van der Waals surface area (Å²) < 4.78 is 41.6. The Kier molecular flexibility index (Phi) is 7.72. The zero-order valence-electron chi connectivity index (χ0n) is 15.3. The minimum absolute atomic E-state index is 0.179. The molecule has 0 fully saturated rings. The van der Waals surface area contributed by atoms with Gasteiger partial charge in [-0.15, -0.1) is 0 Å². The maximum Gasteiger partial charge on any atom is 0.424 e. The number of nitrogens with zero attached hydrogens (tertiary/aromatic N) is 4. The molecular formula is C16H28F3N5O. The van der Waals surface area contributed by atoms with Gasteiger partial charge in [-0.3, -0.25) is 4.99 Å². The molecule has 1 heterocycles. The quantitative estimate of drug-likeness (QED) is 0.549. The van der Waals surface area contributed by atoms with Crippen molar-refractivity contribution in [3.63, 3.8) is 0 Å². The lowest BCUT2D eigenvalue weighted by Crippen LogP contribution is -2.45. The normalized spacial score (nSPS) is 15.1. The Morgan fingerprint density at radius 3 is 2.56 bits per heavy atom. The van der Waals surface area contributed by atoms with E-state index in [0.29, 0.717) is 12.5 Å². The lowest BCUT2D eigenvalue weighted by Gasteiger charge is -2.29. The Morgan fingerprint density at radius 2 is 2.08 bits per heavy atom. The predicted octanol–water partition coefficient (Wildman–Crippen LogP) is 2.26. The number of halogens is 3. The highest BCUT2D eigenvalue weighted by atomic mass is 19.4. The first kappa shape index (κ1) is 21.3. The van der Waals surface area contributed by atoms with E-state index < -0.39 is 24.0 Å². The third-order valence-corrected chi connectivity index (χ3v) is 3.94. The highest BCUT2D eigenvalue weighted by molar-refractivity contribution is 5.79. The van der Waals surface area contributed by atoms with Crippen LogP contribution in [0.15, 0.2) is 17.4 Å². The molecular weight excluding hydrogens is 335 g/mol. The number of hydrogen-bond donors (Lipinski definition) is 2. The molecule has 0 saturated carbocycles. The number of nitrogens with one attached hydrogen (secondary N) is 1. The van der Waals surface area contributed by atoms with Crippen LogP contribution in [0.2, 0.25) is 0 Å². The molecule has 1 unspecified atom stereocenters. The van der Waals surface area contributed by atoms with Crippen molar-refractivity contribution < 1.29 is 18.3 Å². The molecule has 2 N–H and O–H groups in total. The average Bonchev–Trinajstić information content (AvgIpc) is 2.97. The molecule has 1 atom stereocenters. The van der Waals surface area contributed by atoms with Gasteiger partial charge in [0.25, 0.3) is 0 Å². The van der Waals surface area contributed by atoms with Gasteiger partial charge in [-0.2, -0.15) is 13.2 Å². The van der Waals surface area contributed by atoms with Crippen molar-refractivity contribution in [1.29, 1.82) is 0 Å². The van der Waals surface area contributed by atoms with Crippen LogP contribution >= 0.6 is 0 Å². The van der Waals surface area contributed by atoms with E-state index in [9.17, 15) is 18.3 Å². The van der Waals surface area contributed by atoms with Crippen LogP contribution in [0.1, 0.15) is 38.9 Å². The van der Waals surface area contributed by atoms with Gasteiger partial charge in [-0.05, 0) is 13.3 Å². The first-order chi connectivity index (χ1) is 11.7. The van der Waals surface area contributed by atoms with Crippen molar-refractivity contribution in [2.75, 3.05) is 26.7 Å². The minimum Gasteiger partial charge on any atom is -0.374 e. The Hall–Kier alpha value is -1.77. The summed E-state index contributed by atoms with van der Waals surface area (Å²) in [5.74, 6) is 0.0971. The number of aryl methyl sites for hydroxylation is 1. The summed E-state index contributed by atoms with van der Waals surface area (Å²) in [4.78, 5) is 9.80. The van der Waals surface area contributed by atoms with Crippen molar-refractivity contribution in [2.24, 2.45) is 12.0 Å². The molecule has 0 aliphatic rings. The highest BCUT2D eigenvalue weighted by Crippen LogP contribution is 2.40. The molecule has 1 aromatic rings. The van der Waals surface area contributed by atoms with E-state index >= 15 is 0 Å². The molecule has 0 radical (unpaired) electrons. The summed E-state index contributed by atoms with van der Waals surface area (Å²) in [5.41, 5.74) is -3.03. The molecule has 1 rings (SSSR count). The van der Waals surface area contributed by atoms with E-state index in [4.69, 9.17) is 0 Å². The van der Waals surface area contributed by atoms with Gasteiger partial charge >= 0.3 is 6.18 Å². The second kappa shape index (κ2) is 9.07. The summed E-state index contributed by atoms with van der Waals surface area (Å²) in [5, 5.41) is 13.4. The molecule has 0 aliphatic carbocycles. The van der Waals surface area contributed by atoms with Gasteiger partial charge in [0.15, 0.2) is 5.96 Å². The van der Waals surface area contributed by atoms with E-state index in [1.54, 1.807) is 0 Å². The third-order valence-electron chi connectivity index (χ3n) is 3.94. The van der Waals surface area contributed by atoms with Crippen molar-refractivity contribution >= 4 is 5.96 Å². The van der Waals surface area contributed by atoms with Gasteiger partial charge in [0.2, 0.25) is 5.60 Å². The second-order valence-corrected chi connectivity index (χ2v) is 5.98. The molecule has 0 saturated heterocycles. The first-order valence-corrected chi connectivity index (χ1v) is 8.43. The lowest BCUT2D eigenvalue weighted by atomic mass is 9.98. The van der Waals surface area contributed by atoms with Crippen molar-refractivity contribution in [2.45, 2.75) is 44.9 Å². The van der Waals surface area contributed by atoms with E-state index in [-0.39, 0.29) is 6.54 Å². The van der Waals surface area contributed by atoms with Gasteiger partial charge in [0.1, 0.15) is 5.82 Å². The van der Waals surface area contributed by atoms with Crippen molar-refractivity contribution in [1.82, 2.24) is 19.8 Å². The molecule has 6 nitrogen and oxygen atoms in total. The summed E-state index contributed by atoms with van der Waals surface area (Å²) in [7, 11) is 3.26. The smallest absolute Gasteiger partial charge is 0.374 e. The Morgan fingerprint density at radius 1 is 1.40 bits per heavy atom. The second-order valence-electron chi connectivity index (χ2n) is 5.98. The maximum atomic E-state index is 13.5. The molecule has 0 aromatic carbocycles. The number of unbranched alkanes of at least 4 members (excludes halogenated alkanes) is 1. The van der Waals surface area contributed by atoms with Gasteiger partial charge in [0, 0.05) is 52.5 Å². The number of aliphatic imine (C=N–C) groups is 1. The number of rotatable bonds is 8. The first-order valence-electron chi connectivity index (χ1n) is 8.43. The van der Waals surface area contributed by atoms with Crippen LogP contribution in [0.4, 0.5) is 13.2 Å². The van der Waals surface area contributed by atoms with Gasteiger partial charge in [-0.25, -0.2) is 4.98 Å². The van der Waals surface area contributed by atoms with Crippen molar-refractivity contribution in [3.05, 3.63) is 18.2 Å². The summed E-state index contributed by atoms with van der Waals surface area (Å²) in [6.07, 6.45) is -0.862. The molecule has 9 heteroatoms. The van der Waals surface area contributed by atoms with Crippen LogP contribution in [-0.4, -0.2) is 58.4 Å². The van der Waals surface area contributed by atoms with Crippen LogP contribution in [0, 0.1) is 0 Å². The Balaban J connectivity index is 2.93. The third kappa shape index (κ3) is 5.35. The van der Waals surface area contributed by atoms with Crippen LogP contribution in [0.5, 0.6) is 0 Å². The minimum atomic E-state index is -4.84. The number of aliphatic hydroxyl groups is 1. The largest absolute Gasteiger partial charge is 0.424 e. The lowest BCUT2D eigenvalue weighted by molar-refractivity contribution is -0.272. The summed E-state index contributed by atoms with van der Waals surface area (Å²) in [6, 6.07) is 0. The van der Waals surface area contributed by atoms with Crippen molar-refractivity contribution in [3.8, 4) is 0 Å². The fraction of sp³-hybridized carbons (Fsp3) is 0.750. The van der Waals surface area contributed by atoms with E-state index in [2.05, 4.69) is 22.2 Å². The number of imidazole rings is 1. The SMILES string of the molecule is CCCCN(C)C(=NCCC(O)(c1nccn1C)C(F)(F)F)NCC. The fourth-order valence-electron chi connectivity index (χ4n) is 2.44. The Bertz CT molecular complexity index is 558. The predicted molar refractivity (Wildman–Crippen MR) is 91.3 cm³/mol. The van der Waals surface area contributed by atoms with Gasteiger partial charge in [0.05, 0.1) is 0 Å². The number of aromatic nitrogens is 2. The standard InChI is InChI=1S/C16H28F3N5O/c1-5-7-11-24(4)14(20-6-2)22-9-8-15(25,16(17,18)19)13-21-10-12-23(13)3/h10,12,25H,5-9,11H2,1-4H3,(H,20,22). The Labute approximate surface area is 146 Å². The molecule has 144 valence electrons. The number of guanidine groups is 1. The zero-order valence-corrected chi connectivity index (χ0v) is 15.3. The molecule has 25 heavy (non-hydrogen) atoms. The van der Waals surface area contributed by atoms with E-state index in [1.807, 2.05) is 18.9 Å². The van der Waals surface area contributed by atoms with E-state index in [1.165, 1.54) is 24.0 Å².